The highest BCUT2D eigenvalue weighted by Gasteiger charge is 2.29. The molecule has 1 aromatic heterocycles. The molecule has 0 saturated carbocycles. The van der Waals surface area contributed by atoms with E-state index in [4.69, 9.17) is 4.74 Å². The van der Waals surface area contributed by atoms with E-state index in [0.717, 1.165) is 22.9 Å². The largest absolute Gasteiger partial charge is 0.388 e. The minimum Gasteiger partial charge on any atom is -0.388 e. The molecule has 1 saturated heterocycles. The lowest BCUT2D eigenvalue weighted by Crippen LogP contribution is -2.12. The van der Waals surface area contributed by atoms with Gasteiger partial charge in [-0.25, -0.2) is 0 Å². The standard InChI is InChI=1S/C15H17NO2/c1-10-7-13(9-18-10)15(17)12-4-5-14-11(8-12)3-2-6-16-14/h2-6,8,10,13,15,17H,7,9H2,1H3. The Morgan fingerprint density at radius 3 is 3.06 bits per heavy atom. The summed E-state index contributed by atoms with van der Waals surface area (Å²) in [6, 6.07) is 9.89. The SMILES string of the molecule is CC1CC(C(O)c2ccc3ncccc3c2)CO1. The van der Waals surface area contributed by atoms with Crippen LogP contribution in [0.1, 0.15) is 25.0 Å². The Kier molecular flexibility index (Phi) is 3.02. The number of aromatic nitrogens is 1. The number of fused-ring (bicyclic) bond motifs is 1. The Labute approximate surface area is 106 Å². The van der Waals surface area contributed by atoms with E-state index < -0.39 is 6.10 Å². The molecular formula is C15H17NO2. The fourth-order valence-corrected chi connectivity index (χ4v) is 2.62. The van der Waals surface area contributed by atoms with Crippen LogP contribution in [0.2, 0.25) is 0 Å². The van der Waals surface area contributed by atoms with Gasteiger partial charge >= 0.3 is 0 Å². The summed E-state index contributed by atoms with van der Waals surface area (Å²) in [5.74, 6) is 0.203. The first-order valence-electron chi connectivity index (χ1n) is 6.38. The Hall–Kier alpha value is -1.45. The third-order valence-electron chi connectivity index (χ3n) is 3.64. The molecule has 1 fully saturated rings. The van der Waals surface area contributed by atoms with Gasteiger partial charge in [0.15, 0.2) is 0 Å². The first kappa shape index (κ1) is 11.6. The van der Waals surface area contributed by atoms with Crippen LogP contribution in [-0.4, -0.2) is 22.8 Å². The maximum Gasteiger partial charge on any atom is 0.0841 e. The summed E-state index contributed by atoms with van der Waals surface area (Å²) in [7, 11) is 0. The predicted octanol–water partition coefficient (Wildman–Crippen LogP) is 2.69. The van der Waals surface area contributed by atoms with E-state index in [-0.39, 0.29) is 12.0 Å². The van der Waals surface area contributed by atoms with E-state index in [0.29, 0.717) is 6.61 Å². The molecule has 0 aliphatic carbocycles. The molecule has 3 nitrogen and oxygen atoms in total. The maximum atomic E-state index is 10.4. The van der Waals surface area contributed by atoms with Crippen molar-refractivity contribution in [3.8, 4) is 0 Å². The van der Waals surface area contributed by atoms with Crippen molar-refractivity contribution in [1.29, 1.82) is 0 Å². The lowest BCUT2D eigenvalue weighted by atomic mass is 9.93. The molecule has 0 amide bonds. The average molecular weight is 243 g/mol. The zero-order chi connectivity index (χ0) is 12.5. The van der Waals surface area contributed by atoms with E-state index >= 15 is 0 Å². The molecule has 94 valence electrons. The number of ether oxygens (including phenoxy) is 1. The zero-order valence-electron chi connectivity index (χ0n) is 10.4. The van der Waals surface area contributed by atoms with Gasteiger partial charge < -0.3 is 9.84 Å². The van der Waals surface area contributed by atoms with Crippen molar-refractivity contribution >= 4 is 10.9 Å². The molecule has 2 aromatic rings. The fraction of sp³-hybridized carbons (Fsp3) is 0.400. The van der Waals surface area contributed by atoms with Crippen molar-refractivity contribution in [2.24, 2.45) is 5.92 Å². The topological polar surface area (TPSA) is 42.4 Å². The van der Waals surface area contributed by atoms with Crippen molar-refractivity contribution in [2.75, 3.05) is 6.61 Å². The van der Waals surface area contributed by atoms with Gasteiger partial charge in [-0.05, 0) is 37.1 Å². The second-order valence-electron chi connectivity index (χ2n) is 5.04. The van der Waals surface area contributed by atoms with E-state index in [2.05, 4.69) is 11.9 Å². The highest BCUT2D eigenvalue weighted by molar-refractivity contribution is 5.79. The number of hydrogen-bond acceptors (Lipinski definition) is 3. The van der Waals surface area contributed by atoms with Crippen LogP contribution in [0.15, 0.2) is 36.5 Å². The van der Waals surface area contributed by atoms with Crippen molar-refractivity contribution in [3.63, 3.8) is 0 Å². The number of aliphatic hydroxyl groups is 1. The molecule has 3 unspecified atom stereocenters. The summed E-state index contributed by atoms with van der Waals surface area (Å²) >= 11 is 0. The van der Waals surface area contributed by atoms with Gasteiger partial charge in [-0.2, -0.15) is 0 Å². The third-order valence-corrected chi connectivity index (χ3v) is 3.64. The predicted molar refractivity (Wildman–Crippen MR) is 70.2 cm³/mol. The summed E-state index contributed by atoms with van der Waals surface area (Å²) in [5, 5.41) is 11.5. The fourth-order valence-electron chi connectivity index (χ4n) is 2.62. The molecule has 0 radical (unpaired) electrons. The highest BCUT2D eigenvalue weighted by Crippen LogP contribution is 2.32. The molecular weight excluding hydrogens is 226 g/mol. The first-order chi connectivity index (χ1) is 8.74. The number of rotatable bonds is 2. The summed E-state index contributed by atoms with van der Waals surface area (Å²) in [6.07, 6.45) is 2.52. The van der Waals surface area contributed by atoms with Gasteiger partial charge in [-0.1, -0.05) is 12.1 Å². The Balaban J connectivity index is 1.89. The van der Waals surface area contributed by atoms with Crippen LogP contribution >= 0.6 is 0 Å². The highest BCUT2D eigenvalue weighted by atomic mass is 16.5. The number of hydrogen-bond donors (Lipinski definition) is 1. The quantitative estimate of drug-likeness (QED) is 0.881. The van der Waals surface area contributed by atoms with Crippen molar-refractivity contribution in [1.82, 2.24) is 4.98 Å². The molecule has 1 aromatic carbocycles. The zero-order valence-corrected chi connectivity index (χ0v) is 10.4. The normalized spacial score (nSPS) is 25.4. The molecule has 0 spiro atoms. The van der Waals surface area contributed by atoms with Gasteiger partial charge in [0.1, 0.15) is 0 Å². The van der Waals surface area contributed by atoms with Crippen LogP contribution in [0.4, 0.5) is 0 Å². The van der Waals surface area contributed by atoms with Crippen LogP contribution in [0.3, 0.4) is 0 Å². The molecule has 1 N–H and O–H groups in total. The monoisotopic (exact) mass is 243 g/mol. The van der Waals surface area contributed by atoms with Crippen LogP contribution in [0.25, 0.3) is 10.9 Å². The second-order valence-corrected chi connectivity index (χ2v) is 5.04. The first-order valence-corrected chi connectivity index (χ1v) is 6.38. The van der Waals surface area contributed by atoms with Gasteiger partial charge in [0, 0.05) is 17.5 Å². The van der Waals surface area contributed by atoms with Gasteiger partial charge in [0.25, 0.3) is 0 Å². The number of nitrogens with zero attached hydrogens (tertiary/aromatic N) is 1. The Morgan fingerprint density at radius 2 is 2.28 bits per heavy atom. The molecule has 1 aliphatic rings. The van der Waals surface area contributed by atoms with Crippen molar-refractivity contribution in [3.05, 3.63) is 42.1 Å². The lowest BCUT2D eigenvalue weighted by molar-refractivity contribution is 0.0805. The summed E-state index contributed by atoms with van der Waals surface area (Å²) in [5.41, 5.74) is 1.92. The van der Waals surface area contributed by atoms with Gasteiger partial charge in [-0.15, -0.1) is 0 Å². The van der Waals surface area contributed by atoms with Gasteiger partial charge in [-0.3, -0.25) is 4.98 Å². The molecule has 18 heavy (non-hydrogen) atoms. The van der Waals surface area contributed by atoms with Crippen LogP contribution in [0, 0.1) is 5.92 Å². The lowest BCUT2D eigenvalue weighted by Gasteiger charge is -2.17. The van der Waals surface area contributed by atoms with Crippen LogP contribution < -0.4 is 0 Å². The average Bonchev–Trinajstić information content (AvgIpc) is 2.84. The second kappa shape index (κ2) is 4.67. The summed E-state index contributed by atoms with van der Waals surface area (Å²) in [6.45, 7) is 2.70. The van der Waals surface area contributed by atoms with Crippen LogP contribution in [0.5, 0.6) is 0 Å². The Bertz CT molecular complexity index is 555. The molecule has 2 heterocycles. The van der Waals surface area contributed by atoms with Gasteiger partial charge in [0.2, 0.25) is 0 Å². The minimum atomic E-state index is -0.445. The smallest absolute Gasteiger partial charge is 0.0841 e. The van der Waals surface area contributed by atoms with E-state index in [1.54, 1.807) is 6.20 Å². The molecule has 3 atom stereocenters. The van der Waals surface area contributed by atoms with Crippen molar-refractivity contribution in [2.45, 2.75) is 25.6 Å². The van der Waals surface area contributed by atoms with E-state index in [1.165, 1.54) is 0 Å². The summed E-state index contributed by atoms with van der Waals surface area (Å²) < 4.78 is 5.52. The maximum absolute atomic E-state index is 10.4. The van der Waals surface area contributed by atoms with Crippen LogP contribution in [-0.2, 0) is 4.74 Å². The molecule has 3 rings (SSSR count). The number of benzene rings is 1. The van der Waals surface area contributed by atoms with E-state index in [9.17, 15) is 5.11 Å². The third kappa shape index (κ3) is 2.11. The molecule has 1 aliphatic heterocycles. The van der Waals surface area contributed by atoms with Gasteiger partial charge in [0.05, 0.1) is 24.3 Å². The summed E-state index contributed by atoms with van der Waals surface area (Å²) in [4.78, 5) is 4.28. The van der Waals surface area contributed by atoms with Crippen molar-refractivity contribution < 1.29 is 9.84 Å². The van der Waals surface area contributed by atoms with E-state index in [1.807, 2.05) is 30.3 Å². The Morgan fingerprint density at radius 1 is 1.39 bits per heavy atom. The number of aliphatic hydroxyl groups excluding tert-OH is 1. The number of pyridine rings is 1. The minimum absolute atomic E-state index is 0.203. The molecule has 3 heteroatoms. The molecule has 0 bridgehead atoms.